The summed E-state index contributed by atoms with van der Waals surface area (Å²) in [5, 5.41) is 1.23. The topological polar surface area (TPSA) is 39.9 Å². The zero-order chi connectivity index (χ0) is 22.2. The number of hydrogen-bond acceptors (Lipinski definition) is 5. The first-order chi connectivity index (χ1) is 15.5. The number of rotatable bonds is 5. The van der Waals surface area contributed by atoms with Gasteiger partial charge in [0.05, 0.1) is 12.2 Å². The second-order valence-corrected chi connectivity index (χ2v) is 10.3. The summed E-state index contributed by atoms with van der Waals surface area (Å²) >= 11 is 1.95. The molecule has 6 heteroatoms. The SMILES string of the molecule is CCc1c(CCN2CCN(c3coc4c(C)cccc34)CC2)sc2c1CCN(C(C)=O)C2. The molecule has 1 amide bonds. The van der Waals surface area contributed by atoms with Crippen LogP contribution in [0.5, 0.6) is 0 Å². The molecule has 3 aromatic rings. The third-order valence-electron chi connectivity index (χ3n) is 7.19. The molecule has 32 heavy (non-hydrogen) atoms. The lowest BCUT2D eigenvalue weighted by molar-refractivity contribution is -0.129. The average Bonchev–Trinajstić information content (AvgIpc) is 3.39. The maximum atomic E-state index is 11.8. The zero-order valence-electron chi connectivity index (χ0n) is 19.4. The third-order valence-corrected chi connectivity index (χ3v) is 8.51. The van der Waals surface area contributed by atoms with Crippen molar-refractivity contribution in [2.45, 2.75) is 46.6 Å². The van der Waals surface area contributed by atoms with E-state index in [9.17, 15) is 4.79 Å². The van der Waals surface area contributed by atoms with Crippen molar-refractivity contribution < 1.29 is 9.21 Å². The van der Waals surface area contributed by atoms with E-state index in [2.05, 4.69) is 41.8 Å². The van der Waals surface area contributed by atoms with E-state index in [4.69, 9.17) is 4.42 Å². The molecular formula is C26H33N3O2S. The number of benzene rings is 1. The second-order valence-electron chi connectivity index (χ2n) is 9.10. The van der Waals surface area contributed by atoms with E-state index in [0.717, 1.165) is 70.7 Å². The first kappa shape index (κ1) is 21.5. The molecule has 0 spiro atoms. The number of thiophene rings is 1. The van der Waals surface area contributed by atoms with Gasteiger partial charge in [-0.15, -0.1) is 11.3 Å². The number of carbonyl (C=O) groups is 1. The van der Waals surface area contributed by atoms with Gasteiger partial charge in [-0.1, -0.05) is 19.1 Å². The summed E-state index contributed by atoms with van der Waals surface area (Å²) in [6.07, 6.45) is 5.17. The van der Waals surface area contributed by atoms with Crippen LogP contribution in [-0.2, 0) is 30.6 Å². The molecule has 0 radical (unpaired) electrons. The molecule has 0 bridgehead atoms. The van der Waals surface area contributed by atoms with E-state index in [-0.39, 0.29) is 5.91 Å². The molecule has 1 aromatic carbocycles. The van der Waals surface area contributed by atoms with Gasteiger partial charge < -0.3 is 14.2 Å². The Morgan fingerprint density at radius 3 is 2.72 bits per heavy atom. The van der Waals surface area contributed by atoms with Gasteiger partial charge >= 0.3 is 0 Å². The molecule has 0 unspecified atom stereocenters. The molecule has 0 N–H and O–H groups in total. The number of carbonyl (C=O) groups excluding carboxylic acids is 1. The van der Waals surface area contributed by atoms with Gasteiger partial charge in [0.25, 0.3) is 0 Å². The van der Waals surface area contributed by atoms with Gasteiger partial charge in [-0.25, -0.2) is 0 Å². The Morgan fingerprint density at radius 1 is 1.16 bits per heavy atom. The van der Waals surface area contributed by atoms with Gasteiger partial charge in [0.1, 0.15) is 11.8 Å². The highest BCUT2D eigenvalue weighted by Crippen LogP contribution is 2.35. The molecule has 5 rings (SSSR count). The average molecular weight is 452 g/mol. The van der Waals surface area contributed by atoms with E-state index in [1.165, 1.54) is 27.1 Å². The summed E-state index contributed by atoms with van der Waals surface area (Å²) in [5.41, 5.74) is 6.55. The molecule has 5 nitrogen and oxygen atoms in total. The Hall–Kier alpha value is -2.31. The van der Waals surface area contributed by atoms with Gasteiger partial charge in [-0.3, -0.25) is 9.69 Å². The van der Waals surface area contributed by atoms with Crippen LogP contribution in [0.3, 0.4) is 0 Å². The fourth-order valence-electron chi connectivity index (χ4n) is 5.31. The first-order valence-corrected chi connectivity index (χ1v) is 12.7. The predicted molar refractivity (Wildman–Crippen MR) is 132 cm³/mol. The quantitative estimate of drug-likeness (QED) is 0.567. The Morgan fingerprint density at radius 2 is 1.97 bits per heavy atom. The molecule has 170 valence electrons. The number of anilines is 1. The van der Waals surface area contributed by atoms with Gasteiger partial charge in [-0.2, -0.15) is 0 Å². The molecule has 2 aromatic heterocycles. The maximum absolute atomic E-state index is 11.8. The van der Waals surface area contributed by atoms with Crippen LogP contribution in [0.25, 0.3) is 11.0 Å². The lowest BCUT2D eigenvalue weighted by Crippen LogP contribution is -2.46. The first-order valence-electron chi connectivity index (χ1n) is 11.9. The van der Waals surface area contributed by atoms with Crippen molar-refractivity contribution in [2.24, 2.45) is 0 Å². The standard InChI is InChI=1S/C26H33N3O2S/c1-4-20-21-8-11-29(19(3)30)16-25(21)32-24(20)9-10-27-12-14-28(15-13-27)23-17-31-26-18(2)6-5-7-22(23)26/h5-7,17H,4,8-16H2,1-3H3. The highest BCUT2D eigenvalue weighted by molar-refractivity contribution is 7.12. The summed E-state index contributed by atoms with van der Waals surface area (Å²) in [7, 11) is 0. The molecule has 2 aliphatic heterocycles. The smallest absolute Gasteiger partial charge is 0.219 e. The fourth-order valence-corrected chi connectivity index (χ4v) is 6.76. The fraction of sp³-hybridized carbons (Fsp3) is 0.500. The number of aryl methyl sites for hydroxylation is 1. The van der Waals surface area contributed by atoms with E-state index in [1.807, 2.05) is 22.5 Å². The van der Waals surface area contributed by atoms with Crippen LogP contribution in [0.2, 0.25) is 0 Å². The van der Waals surface area contributed by atoms with Crippen molar-refractivity contribution in [1.29, 1.82) is 0 Å². The van der Waals surface area contributed by atoms with Crippen LogP contribution >= 0.6 is 11.3 Å². The monoisotopic (exact) mass is 451 g/mol. The Labute approximate surface area is 194 Å². The number of hydrogen-bond donors (Lipinski definition) is 0. The van der Waals surface area contributed by atoms with Crippen LogP contribution < -0.4 is 4.90 Å². The zero-order valence-corrected chi connectivity index (χ0v) is 20.3. The molecular weight excluding hydrogens is 418 g/mol. The molecule has 0 aliphatic carbocycles. The summed E-state index contributed by atoms with van der Waals surface area (Å²) < 4.78 is 5.87. The van der Waals surface area contributed by atoms with Gasteiger partial charge in [0.15, 0.2) is 0 Å². The van der Waals surface area contributed by atoms with Crippen molar-refractivity contribution in [3.05, 3.63) is 50.9 Å². The number of para-hydroxylation sites is 1. The predicted octanol–water partition coefficient (Wildman–Crippen LogP) is 4.63. The number of amides is 1. The number of nitrogens with zero attached hydrogens (tertiary/aromatic N) is 3. The van der Waals surface area contributed by atoms with Crippen LogP contribution in [0, 0.1) is 6.92 Å². The molecule has 2 aliphatic rings. The number of piperazine rings is 1. The molecule has 4 heterocycles. The lowest BCUT2D eigenvalue weighted by atomic mass is 9.99. The highest BCUT2D eigenvalue weighted by Gasteiger charge is 2.25. The van der Waals surface area contributed by atoms with Crippen molar-refractivity contribution >= 4 is 33.9 Å². The molecule has 0 saturated carbocycles. The van der Waals surface area contributed by atoms with Crippen LogP contribution in [0.4, 0.5) is 5.69 Å². The molecule has 1 saturated heterocycles. The maximum Gasteiger partial charge on any atom is 0.219 e. The normalized spacial score (nSPS) is 17.2. The highest BCUT2D eigenvalue weighted by atomic mass is 32.1. The van der Waals surface area contributed by atoms with Gasteiger partial charge in [0.2, 0.25) is 5.91 Å². The minimum Gasteiger partial charge on any atom is -0.462 e. The van der Waals surface area contributed by atoms with E-state index in [1.54, 1.807) is 17.4 Å². The summed E-state index contributed by atoms with van der Waals surface area (Å²) in [6.45, 7) is 13.1. The van der Waals surface area contributed by atoms with Crippen LogP contribution in [0.1, 0.15) is 40.3 Å². The van der Waals surface area contributed by atoms with Crippen LogP contribution in [0.15, 0.2) is 28.9 Å². The summed E-state index contributed by atoms with van der Waals surface area (Å²) in [5.74, 6) is 0.196. The van der Waals surface area contributed by atoms with E-state index < -0.39 is 0 Å². The Balaban J connectivity index is 1.21. The van der Waals surface area contributed by atoms with Crippen LogP contribution in [-0.4, -0.2) is 55.0 Å². The van der Waals surface area contributed by atoms with E-state index in [0.29, 0.717) is 0 Å². The molecule has 1 fully saturated rings. The van der Waals surface area contributed by atoms with Crippen molar-refractivity contribution in [1.82, 2.24) is 9.80 Å². The largest absolute Gasteiger partial charge is 0.462 e. The van der Waals surface area contributed by atoms with Crippen molar-refractivity contribution in [2.75, 3.05) is 44.2 Å². The van der Waals surface area contributed by atoms with Gasteiger partial charge in [-0.05, 0) is 48.9 Å². The van der Waals surface area contributed by atoms with Crippen molar-refractivity contribution in [3.63, 3.8) is 0 Å². The Bertz CT molecular complexity index is 1120. The van der Waals surface area contributed by atoms with E-state index >= 15 is 0 Å². The Kier molecular flexibility index (Phi) is 5.99. The number of fused-ring (bicyclic) bond motifs is 2. The lowest BCUT2D eigenvalue weighted by Gasteiger charge is -2.35. The summed E-state index contributed by atoms with van der Waals surface area (Å²) in [4.78, 5) is 21.8. The summed E-state index contributed by atoms with van der Waals surface area (Å²) in [6, 6.07) is 6.40. The van der Waals surface area contributed by atoms with Gasteiger partial charge in [0, 0.05) is 61.3 Å². The number of furan rings is 1. The third kappa shape index (κ3) is 3.95. The minimum atomic E-state index is 0.196. The molecule has 0 atom stereocenters. The second kappa shape index (κ2) is 8.91. The minimum absolute atomic E-state index is 0.196. The van der Waals surface area contributed by atoms with Crippen molar-refractivity contribution in [3.8, 4) is 0 Å².